The normalized spacial score (nSPS) is 18.6. The molecule has 1 saturated carbocycles. The maximum Gasteiger partial charge on any atom is 0.314 e. The number of hydrogen-bond donors (Lipinski definition) is 3. The number of aliphatic hydroxyl groups is 1. The molecular weight excluding hydrogens is 300 g/mol. The lowest BCUT2D eigenvalue weighted by atomic mass is 9.73. The van der Waals surface area contributed by atoms with E-state index in [-0.39, 0.29) is 24.6 Å². The molecule has 2 amide bonds. The van der Waals surface area contributed by atoms with E-state index >= 15 is 0 Å². The second-order valence-electron chi connectivity index (χ2n) is 5.99. The van der Waals surface area contributed by atoms with Crippen molar-refractivity contribution >= 4 is 17.4 Å². The first kappa shape index (κ1) is 17.2. The van der Waals surface area contributed by atoms with Gasteiger partial charge in [-0.05, 0) is 24.3 Å². The van der Waals surface area contributed by atoms with Crippen LogP contribution in [0.1, 0.15) is 37.0 Å². The summed E-state index contributed by atoms with van der Waals surface area (Å²) < 4.78 is 4.84. The number of carbonyl (C=O) groups excluding carboxylic acids is 1. The second-order valence-corrected chi connectivity index (χ2v) is 6.94. The van der Waals surface area contributed by atoms with Crippen LogP contribution in [0.25, 0.3) is 0 Å². The van der Waals surface area contributed by atoms with Gasteiger partial charge in [0.05, 0.1) is 12.7 Å². The van der Waals surface area contributed by atoms with Crippen LogP contribution in [-0.2, 0) is 10.2 Å². The number of methoxy groups -OCH3 is 1. The molecule has 6 heteroatoms. The molecular formula is C16H26N2O3S. The first-order valence-electron chi connectivity index (χ1n) is 7.89. The molecule has 1 aromatic heterocycles. The van der Waals surface area contributed by atoms with Gasteiger partial charge in [0.25, 0.3) is 0 Å². The predicted molar refractivity (Wildman–Crippen MR) is 88.4 cm³/mol. The van der Waals surface area contributed by atoms with Crippen LogP contribution >= 0.6 is 11.3 Å². The highest BCUT2D eigenvalue weighted by Gasteiger charge is 2.35. The Bertz CT molecular complexity index is 444. The van der Waals surface area contributed by atoms with Crippen molar-refractivity contribution in [3.8, 4) is 0 Å². The Hall–Kier alpha value is -1.11. The van der Waals surface area contributed by atoms with Crippen molar-refractivity contribution in [3.63, 3.8) is 0 Å². The van der Waals surface area contributed by atoms with E-state index in [1.165, 1.54) is 31.2 Å². The van der Waals surface area contributed by atoms with Crippen molar-refractivity contribution in [3.05, 3.63) is 22.4 Å². The van der Waals surface area contributed by atoms with Crippen molar-refractivity contribution in [2.24, 2.45) is 0 Å². The number of carbonyl (C=O) groups is 1. The summed E-state index contributed by atoms with van der Waals surface area (Å²) in [4.78, 5) is 13.3. The summed E-state index contributed by atoms with van der Waals surface area (Å²) in [6.07, 6.45) is 5.29. The maximum atomic E-state index is 11.9. The molecule has 1 aliphatic rings. The van der Waals surface area contributed by atoms with Crippen LogP contribution in [0.5, 0.6) is 0 Å². The molecule has 22 heavy (non-hydrogen) atoms. The zero-order valence-corrected chi connectivity index (χ0v) is 14.0. The lowest BCUT2D eigenvalue weighted by Gasteiger charge is -2.36. The molecule has 0 saturated heterocycles. The number of thiophene rings is 1. The first-order chi connectivity index (χ1) is 10.7. The first-order valence-corrected chi connectivity index (χ1v) is 8.77. The minimum atomic E-state index is -0.670. The van der Waals surface area contributed by atoms with E-state index in [4.69, 9.17) is 4.74 Å². The number of hydrogen-bond acceptors (Lipinski definition) is 4. The summed E-state index contributed by atoms with van der Waals surface area (Å²) in [6, 6.07) is 4.03. The monoisotopic (exact) mass is 326 g/mol. The standard InChI is InChI=1S/C16H26N2O3S/c1-21-11-13(19)10-17-15(20)18-12-16(7-3-2-4-8-16)14-6-5-9-22-14/h5-6,9,13,19H,2-4,7-8,10-12H2,1H3,(H2,17,18,20). The van der Waals surface area contributed by atoms with Gasteiger partial charge in [-0.2, -0.15) is 0 Å². The van der Waals surface area contributed by atoms with Gasteiger partial charge in [-0.15, -0.1) is 11.3 Å². The van der Waals surface area contributed by atoms with Gasteiger partial charge in [0.2, 0.25) is 0 Å². The summed E-state index contributed by atoms with van der Waals surface area (Å²) >= 11 is 1.78. The predicted octanol–water partition coefficient (Wildman–Crippen LogP) is 2.26. The van der Waals surface area contributed by atoms with E-state index in [1.54, 1.807) is 11.3 Å². The Morgan fingerprint density at radius 3 is 2.82 bits per heavy atom. The number of rotatable bonds is 7. The highest BCUT2D eigenvalue weighted by atomic mass is 32.1. The van der Waals surface area contributed by atoms with Gasteiger partial charge >= 0.3 is 6.03 Å². The van der Waals surface area contributed by atoms with E-state index in [0.717, 1.165) is 12.8 Å². The molecule has 0 spiro atoms. The summed E-state index contributed by atoms with van der Waals surface area (Å²) in [6.45, 7) is 1.07. The molecule has 1 unspecified atom stereocenters. The summed E-state index contributed by atoms with van der Waals surface area (Å²) in [5.41, 5.74) is 0.0783. The fourth-order valence-electron chi connectivity index (χ4n) is 3.09. The van der Waals surface area contributed by atoms with Crippen molar-refractivity contribution in [2.75, 3.05) is 26.8 Å². The third-order valence-electron chi connectivity index (χ3n) is 4.30. The van der Waals surface area contributed by atoms with E-state index in [1.807, 2.05) is 0 Å². The summed E-state index contributed by atoms with van der Waals surface area (Å²) in [7, 11) is 1.52. The van der Waals surface area contributed by atoms with Crippen LogP contribution in [0.15, 0.2) is 17.5 Å². The van der Waals surface area contributed by atoms with E-state index in [0.29, 0.717) is 6.54 Å². The summed E-state index contributed by atoms with van der Waals surface area (Å²) in [5.74, 6) is 0. The van der Waals surface area contributed by atoms with E-state index in [9.17, 15) is 9.90 Å². The highest BCUT2D eigenvalue weighted by molar-refractivity contribution is 7.10. The number of urea groups is 1. The molecule has 2 rings (SSSR count). The van der Waals surface area contributed by atoms with Crippen molar-refractivity contribution in [1.82, 2.24) is 10.6 Å². The topological polar surface area (TPSA) is 70.6 Å². The van der Waals surface area contributed by atoms with Crippen LogP contribution in [0.3, 0.4) is 0 Å². The fraction of sp³-hybridized carbons (Fsp3) is 0.688. The number of amides is 2. The molecule has 0 aliphatic heterocycles. The zero-order valence-electron chi connectivity index (χ0n) is 13.1. The molecule has 124 valence electrons. The number of ether oxygens (including phenoxy) is 1. The number of nitrogens with one attached hydrogen (secondary N) is 2. The van der Waals surface area contributed by atoms with E-state index < -0.39 is 6.10 Å². The minimum Gasteiger partial charge on any atom is -0.389 e. The van der Waals surface area contributed by atoms with Gasteiger partial charge in [0, 0.05) is 30.5 Å². The average Bonchev–Trinajstić information content (AvgIpc) is 3.07. The molecule has 0 bridgehead atoms. The van der Waals surface area contributed by atoms with Crippen LogP contribution in [0.2, 0.25) is 0 Å². The molecule has 5 nitrogen and oxygen atoms in total. The Morgan fingerprint density at radius 2 is 2.18 bits per heavy atom. The average molecular weight is 326 g/mol. The van der Waals surface area contributed by atoms with Crippen LogP contribution < -0.4 is 10.6 Å². The molecule has 1 aromatic rings. The quantitative estimate of drug-likeness (QED) is 0.720. The van der Waals surface area contributed by atoms with Crippen molar-refractivity contribution < 1.29 is 14.6 Å². The van der Waals surface area contributed by atoms with Gasteiger partial charge in [-0.1, -0.05) is 25.3 Å². The molecule has 0 aromatic carbocycles. The molecule has 3 N–H and O–H groups in total. The smallest absolute Gasteiger partial charge is 0.314 e. The fourth-order valence-corrected chi connectivity index (χ4v) is 4.08. The SMILES string of the molecule is COCC(O)CNC(=O)NCC1(c2cccs2)CCCCC1. The van der Waals surface area contributed by atoms with Gasteiger partial charge in [-0.25, -0.2) is 4.79 Å². The van der Waals surface area contributed by atoms with Crippen LogP contribution in [0.4, 0.5) is 4.79 Å². The Kier molecular flexibility index (Phi) is 6.67. The van der Waals surface area contributed by atoms with E-state index in [2.05, 4.69) is 28.1 Å². The third kappa shape index (κ3) is 4.69. The third-order valence-corrected chi connectivity index (χ3v) is 5.42. The number of aliphatic hydroxyl groups excluding tert-OH is 1. The molecule has 1 atom stereocenters. The Morgan fingerprint density at radius 1 is 1.41 bits per heavy atom. The van der Waals surface area contributed by atoms with Crippen molar-refractivity contribution in [2.45, 2.75) is 43.6 Å². The molecule has 0 radical (unpaired) electrons. The Labute approximate surface area is 136 Å². The lowest BCUT2D eigenvalue weighted by Crippen LogP contribution is -2.47. The van der Waals surface area contributed by atoms with Crippen molar-refractivity contribution in [1.29, 1.82) is 0 Å². The van der Waals surface area contributed by atoms with Crippen LogP contribution in [0, 0.1) is 0 Å². The van der Waals surface area contributed by atoms with Gasteiger partial charge in [-0.3, -0.25) is 0 Å². The largest absolute Gasteiger partial charge is 0.389 e. The highest BCUT2D eigenvalue weighted by Crippen LogP contribution is 2.40. The van der Waals surface area contributed by atoms with Gasteiger partial charge < -0.3 is 20.5 Å². The van der Waals surface area contributed by atoms with Gasteiger partial charge in [0.15, 0.2) is 0 Å². The minimum absolute atomic E-state index is 0.0783. The zero-order chi connectivity index (χ0) is 15.8. The molecule has 1 heterocycles. The van der Waals surface area contributed by atoms with Crippen LogP contribution in [-0.4, -0.2) is 44.0 Å². The lowest BCUT2D eigenvalue weighted by molar-refractivity contribution is 0.0659. The Balaban J connectivity index is 1.85. The maximum absolute atomic E-state index is 11.9. The second kappa shape index (κ2) is 8.50. The van der Waals surface area contributed by atoms with Gasteiger partial charge in [0.1, 0.15) is 0 Å². The molecule has 1 aliphatic carbocycles. The molecule has 1 fully saturated rings. The summed E-state index contributed by atoms with van der Waals surface area (Å²) in [5, 5.41) is 17.3.